The third-order valence-electron chi connectivity index (χ3n) is 4.22. The van der Waals surface area contributed by atoms with Gasteiger partial charge in [0.05, 0.1) is 11.2 Å². The average Bonchev–Trinajstić information content (AvgIpc) is 2.87. The van der Waals surface area contributed by atoms with Gasteiger partial charge < -0.3 is 0 Å². The minimum Gasteiger partial charge on any atom is -0.294 e. The minimum atomic E-state index is 0.632. The van der Waals surface area contributed by atoms with E-state index in [1.54, 1.807) is 0 Å². The number of rotatable bonds is 8. The van der Waals surface area contributed by atoms with Gasteiger partial charge >= 0.3 is 0 Å². The summed E-state index contributed by atoms with van der Waals surface area (Å²) in [5.41, 5.74) is 2.46. The van der Waals surface area contributed by atoms with Gasteiger partial charge in [-0.3, -0.25) is 9.58 Å². The van der Waals surface area contributed by atoms with Gasteiger partial charge in [0, 0.05) is 36.4 Å². The number of hydrogen-bond donors (Lipinski definition) is 0. The van der Waals surface area contributed by atoms with Crippen molar-refractivity contribution in [2.24, 2.45) is 0 Å². The van der Waals surface area contributed by atoms with Crippen molar-refractivity contribution in [1.29, 1.82) is 0 Å². The minimum absolute atomic E-state index is 0.632. The molecule has 116 valence electrons. The molecule has 0 spiro atoms. The molecule has 0 aliphatic carbocycles. The lowest BCUT2D eigenvalue weighted by Crippen LogP contribution is -2.35. The molecule has 2 rings (SSSR count). The van der Waals surface area contributed by atoms with Crippen molar-refractivity contribution in [1.82, 2.24) is 14.7 Å². The van der Waals surface area contributed by atoms with E-state index in [1.165, 1.54) is 29.4 Å². The first-order valence-corrected chi connectivity index (χ1v) is 9.11. The maximum atomic E-state index is 4.84. The van der Waals surface area contributed by atoms with Crippen LogP contribution in [0.15, 0.2) is 24.3 Å². The number of benzene rings is 1. The van der Waals surface area contributed by atoms with Crippen LogP contribution in [0.1, 0.15) is 39.3 Å². The zero-order valence-corrected chi connectivity index (χ0v) is 14.9. The fraction of sp³-hybridized carbons (Fsp3) is 0.588. The summed E-state index contributed by atoms with van der Waals surface area (Å²) in [5, 5.41) is 7.15. The Balaban J connectivity index is 2.32. The van der Waals surface area contributed by atoms with Crippen molar-refractivity contribution in [2.45, 2.75) is 52.7 Å². The highest BCUT2D eigenvalue weighted by atomic mass is 79.9. The zero-order valence-electron chi connectivity index (χ0n) is 13.3. The molecule has 0 unspecified atom stereocenters. The average molecular weight is 352 g/mol. The van der Waals surface area contributed by atoms with Crippen molar-refractivity contribution in [3.63, 3.8) is 0 Å². The Hall–Kier alpha value is -0.870. The summed E-state index contributed by atoms with van der Waals surface area (Å²) in [4.78, 5) is 2.56. The Morgan fingerprint density at radius 1 is 1.19 bits per heavy atom. The van der Waals surface area contributed by atoms with Gasteiger partial charge in [-0.15, -0.1) is 0 Å². The van der Waals surface area contributed by atoms with E-state index in [9.17, 15) is 0 Å². The summed E-state index contributed by atoms with van der Waals surface area (Å²) >= 11 is 3.59. The summed E-state index contributed by atoms with van der Waals surface area (Å²) in [6.45, 7) is 9.63. The highest BCUT2D eigenvalue weighted by Crippen LogP contribution is 2.21. The Bertz CT molecular complexity index is 560. The van der Waals surface area contributed by atoms with Crippen LogP contribution in [-0.2, 0) is 13.1 Å². The first-order valence-electron chi connectivity index (χ1n) is 7.99. The highest BCUT2D eigenvalue weighted by molar-refractivity contribution is 9.09. The van der Waals surface area contributed by atoms with Crippen LogP contribution in [0.25, 0.3) is 10.9 Å². The van der Waals surface area contributed by atoms with Crippen LogP contribution < -0.4 is 0 Å². The second kappa shape index (κ2) is 7.95. The van der Waals surface area contributed by atoms with E-state index >= 15 is 0 Å². The van der Waals surface area contributed by atoms with E-state index in [1.807, 2.05) is 0 Å². The molecule has 0 radical (unpaired) electrons. The van der Waals surface area contributed by atoms with Gasteiger partial charge in [0.15, 0.2) is 0 Å². The maximum Gasteiger partial charge on any atom is 0.0843 e. The second-order valence-electron chi connectivity index (χ2n) is 5.41. The van der Waals surface area contributed by atoms with Crippen LogP contribution in [0.5, 0.6) is 0 Å². The maximum absolute atomic E-state index is 4.84. The van der Waals surface area contributed by atoms with Crippen molar-refractivity contribution >= 4 is 26.8 Å². The van der Waals surface area contributed by atoms with Crippen LogP contribution in [0.3, 0.4) is 0 Å². The fourth-order valence-electron chi connectivity index (χ4n) is 3.05. The molecule has 3 nitrogen and oxygen atoms in total. The molecule has 0 saturated carbocycles. The lowest BCUT2D eigenvalue weighted by Gasteiger charge is -2.29. The molecule has 2 aromatic rings. The van der Waals surface area contributed by atoms with Gasteiger partial charge in [-0.05, 0) is 25.8 Å². The summed E-state index contributed by atoms with van der Waals surface area (Å²) in [6, 6.07) is 9.20. The van der Waals surface area contributed by atoms with E-state index in [0.717, 1.165) is 25.0 Å². The van der Waals surface area contributed by atoms with Crippen LogP contribution in [-0.4, -0.2) is 32.6 Å². The summed E-state index contributed by atoms with van der Waals surface area (Å²) < 4.78 is 2.11. The molecule has 0 bridgehead atoms. The third kappa shape index (κ3) is 3.67. The molecule has 21 heavy (non-hydrogen) atoms. The number of aryl methyl sites for hydroxylation is 1. The Morgan fingerprint density at radius 3 is 2.52 bits per heavy atom. The molecule has 0 fully saturated rings. The largest absolute Gasteiger partial charge is 0.294 e. The van der Waals surface area contributed by atoms with Crippen molar-refractivity contribution in [3.05, 3.63) is 30.0 Å². The zero-order chi connectivity index (χ0) is 15.2. The lowest BCUT2D eigenvalue weighted by molar-refractivity contribution is 0.187. The molecule has 0 saturated heterocycles. The van der Waals surface area contributed by atoms with Crippen molar-refractivity contribution in [2.75, 3.05) is 11.9 Å². The first-order chi connectivity index (χ1) is 10.2. The number of fused-ring (bicyclic) bond motifs is 1. The highest BCUT2D eigenvalue weighted by Gasteiger charge is 2.18. The van der Waals surface area contributed by atoms with Crippen LogP contribution in [0, 0.1) is 0 Å². The Kier molecular flexibility index (Phi) is 6.24. The standard InChI is InChI=1S/C17H26BrN3/c1-4-14(5-2)20(12-11-18)13-16-15-9-7-8-10-17(15)21(6-3)19-16/h7-10,14H,4-6,11-13H2,1-3H3. The van der Waals surface area contributed by atoms with Gasteiger partial charge in [-0.25, -0.2) is 0 Å². The van der Waals surface area contributed by atoms with Crippen molar-refractivity contribution < 1.29 is 0 Å². The molecular weight excluding hydrogens is 326 g/mol. The van der Waals surface area contributed by atoms with E-state index in [4.69, 9.17) is 5.10 Å². The number of para-hydroxylation sites is 1. The van der Waals surface area contributed by atoms with E-state index in [-0.39, 0.29) is 0 Å². The first kappa shape index (κ1) is 16.5. The fourth-order valence-corrected chi connectivity index (χ4v) is 3.51. The number of aromatic nitrogens is 2. The third-order valence-corrected chi connectivity index (χ3v) is 4.57. The monoisotopic (exact) mass is 351 g/mol. The molecule has 0 atom stereocenters. The predicted molar refractivity (Wildman–Crippen MR) is 94.0 cm³/mol. The molecular formula is C17H26BrN3. The Morgan fingerprint density at radius 2 is 1.90 bits per heavy atom. The predicted octanol–water partition coefficient (Wildman–Crippen LogP) is 4.44. The molecule has 0 aliphatic rings. The molecule has 0 aliphatic heterocycles. The molecule has 0 amide bonds. The van der Waals surface area contributed by atoms with E-state index in [0.29, 0.717) is 6.04 Å². The number of hydrogen-bond acceptors (Lipinski definition) is 2. The summed E-state index contributed by atoms with van der Waals surface area (Å²) in [6.07, 6.45) is 2.38. The summed E-state index contributed by atoms with van der Waals surface area (Å²) in [7, 11) is 0. The number of halogens is 1. The van der Waals surface area contributed by atoms with Crippen molar-refractivity contribution in [3.8, 4) is 0 Å². The van der Waals surface area contributed by atoms with E-state index < -0.39 is 0 Å². The van der Waals surface area contributed by atoms with Crippen LogP contribution >= 0.6 is 15.9 Å². The molecule has 1 heterocycles. The van der Waals surface area contributed by atoms with Gasteiger partial charge in [0.25, 0.3) is 0 Å². The molecule has 1 aromatic heterocycles. The quantitative estimate of drug-likeness (QED) is 0.655. The van der Waals surface area contributed by atoms with Gasteiger partial charge in [-0.1, -0.05) is 48.0 Å². The molecule has 4 heteroatoms. The smallest absolute Gasteiger partial charge is 0.0843 e. The van der Waals surface area contributed by atoms with Crippen LogP contribution in [0.4, 0.5) is 0 Å². The summed E-state index contributed by atoms with van der Waals surface area (Å²) in [5.74, 6) is 0. The van der Waals surface area contributed by atoms with Gasteiger partial charge in [0.1, 0.15) is 0 Å². The lowest BCUT2D eigenvalue weighted by atomic mass is 10.1. The molecule has 0 N–H and O–H groups in total. The van der Waals surface area contributed by atoms with Gasteiger partial charge in [-0.2, -0.15) is 5.10 Å². The second-order valence-corrected chi connectivity index (χ2v) is 6.20. The topological polar surface area (TPSA) is 21.1 Å². The van der Waals surface area contributed by atoms with Crippen LogP contribution in [0.2, 0.25) is 0 Å². The number of nitrogens with zero attached hydrogens (tertiary/aromatic N) is 3. The normalized spacial score (nSPS) is 11.9. The number of alkyl halides is 1. The Labute approximate surface area is 136 Å². The molecule has 1 aromatic carbocycles. The SMILES string of the molecule is CCC(CC)N(CCBr)Cc1nn(CC)c2ccccc12. The van der Waals surface area contributed by atoms with Gasteiger partial charge in [0.2, 0.25) is 0 Å². The van der Waals surface area contributed by atoms with E-state index in [2.05, 4.69) is 70.5 Å².